The second-order valence-electron chi connectivity index (χ2n) is 6.45. The third kappa shape index (κ3) is 7.11. The summed E-state index contributed by atoms with van der Waals surface area (Å²) in [4.78, 5) is 6.26. The maximum absolute atomic E-state index is 6.31. The van der Waals surface area contributed by atoms with Gasteiger partial charge in [-0.15, -0.1) is 11.8 Å². The molecule has 136 valence electrons. The highest BCUT2D eigenvalue weighted by molar-refractivity contribution is 7.99. The molecule has 0 aromatic heterocycles. The summed E-state index contributed by atoms with van der Waals surface area (Å²) in [7, 11) is 0. The second kappa shape index (κ2) is 11.1. The lowest BCUT2D eigenvalue weighted by Crippen LogP contribution is -2.48. The third-order valence-corrected chi connectivity index (χ3v) is 5.80. The van der Waals surface area contributed by atoms with E-state index in [2.05, 4.69) is 54.0 Å². The summed E-state index contributed by atoms with van der Waals surface area (Å²) < 4.78 is 5.94. The van der Waals surface area contributed by atoms with E-state index in [0.717, 1.165) is 58.0 Å². The minimum Gasteiger partial charge on any atom is -0.374 e. The van der Waals surface area contributed by atoms with E-state index in [1.54, 1.807) is 0 Å². The van der Waals surface area contributed by atoms with Gasteiger partial charge in [0.25, 0.3) is 0 Å². The summed E-state index contributed by atoms with van der Waals surface area (Å²) >= 11 is 1.86. The van der Waals surface area contributed by atoms with Crippen LogP contribution in [0.3, 0.4) is 0 Å². The Morgan fingerprint density at radius 3 is 2.75 bits per heavy atom. The fraction of sp³-hybridized carbons (Fsp3) is 0.684. The first kappa shape index (κ1) is 19.7. The average Bonchev–Trinajstić information content (AvgIpc) is 2.64. The molecule has 5 heteroatoms. The molecule has 0 radical (unpaired) electrons. The van der Waals surface area contributed by atoms with Crippen LogP contribution in [-0.2, 0) is 4.74 Å². The molecular weight excluding hydrogens is 318 g/mol. The Balaban J connectivity index is 1.65. The second-order valence-corrected chi connectivity index (χ2v) is 7.55. The standard InChI is InChI=1S/C19H33N3OS/c1-3-21(4-2)14-18-15-22(12-13-23-18)11-10-17(20)16-24-19-8-6-5-7-9-19/h5-9,17-18H,3-4,10-16,20H2,1-2H3/t17-,18+/m1/s1. The van der Waals surface area contributed by atoms with Crippen LogP contribution in [0.15, 0.2) is 35.2 Å². The third-order valence-electron chi connectivity index (χ3n) is 4.60. The summed E-state index contributed by atoms with van der Waals surface area (Å²) in [6.07, 6.45) is 1.39. The fourth-order valence-corrected chi connectivity index (χ4v) is 3.94. The van der Waals surface area contributed by atoms with E-state index >= 15 is 0 Å². The topological polar surface area (TPSA) is 41.7 Å². The van der Waals surface area contributed by atoms with Crippen LogP contribution in [0.5, 0.6) is 0 Å². The van der Waals surface area contributed by atoms with Crippen molar-refractivity contribution >= 4 is 11.8 Å². The first-order valence-corrected chi connectivity index (χ1v) is 10.2. The maximum atomic E-state index is 6.31. The monoisotopic (exact) mass is 351 g/mol. The Labute approximate surface area is 151 Å². The molecule has 1 aromatic carbocycles. The molecule has 0 amide bonds. The number of benzene rings is 1. The van der Waals surface area contributed by atoms with Crippen molar-refractivity contribution in [1.82, 2.24) is 9.80 Å². The highest BCUT2D eigenvalue weighted by Gasteiger charge is 2.22. The van der Waals surface area contributed by atoms with Crippen LogP contribution in [0, 0.1) is 0 Å². The molecule has 2 atom stereocenters. The molecule has 24 heavy (non-hydrogen) atoms. The van der Waals surface area contributed by atoms with Crippen molar-refractivity contribution in [1.29, 1.82) is 0 Å². The summed E-state index contributed by atoms with van der Waals surface area (Å²) in [5, 5.41) is 0. The molecule has 0 saturated carbocycles. The number of hydrogen-bond acceptors (Lipinski definition) is 5. The van der Waals surface area contributed by atoms with E-state index in [-0.39, 0.29) is 6.04 Å². The van der Waals surface area contributed by atoms with Gasteiger partial charge in [-0.25, -0.2) is 0 Å². The predicted molar refractivity (Wildman–Crippen MR) is 104 cm³/mol. The number of likely N-dealkylation sites (N-methyl/N-ethyl adjacent to an activating group) is 1. The maximum Gasteiger partial charge on any atom is 0.0829 e. The van der Waals surface area contributed by atoms with E-state index < -0.39 is 0 Å². The van der Waals surface area contributed by atoms with Gasteiger partial charge in [0.05, 0.1) is 12.7 Å². The average molecular weight is 352 g/mol. The van der Waals surface area contributed by atoms with Crippen LogP contribution in [0.2, 0.25) is 0 Å². The fourth-order valence-electron chi connectivity index (χ4n) is 3.02. The molecule has 1 fully saturated rings. The summed E-state index contributed by atoms with van der Waals surface area (Å²) in [5.41, 5.74) is 6.31. The van der Waals surface area contributed by atoms with Gasteiger partial charge in [0.15, 0.2) is 0 Å². The molecule has 4 nitrogen and oxygen atoms in total. The lowest BCUT2D eigenvalue weighted by Gasteiger charge is -2.35. The van der Waals surface area contributed by atoms with Gasteiger partial charge in [-0.2, -0.15) is 0 Å². The Bertz CT molecular complexity index is 441. The molecule has 0 unspecified atom stereocenters. The summed E-state index contributed by atoms with van der Waals surface area (Å²) in [6.45, 7) is 11.7. The van der Waals surface area contributed by atoms with Crippen molar-refractivity contribution < 1.29 is 4.74 Å². The van der Waals surface area contributed by atoms with Crippen LogP contribution in [0.4, 0.5) is 0 Å². The Hall–Kier alpha value is -0.590. The van der Waals surface area contributed by atoms with Crippen molar-refractivity contribution in [3.63, 3.8) is 0 Å². The van der Waals surface area contributed by atoms with Crippen molar-refractivity contribution in [2.45, 2.75) is 37.3 Å². The number of hydrogen-bond donors (Lipinski definition) is 1. The van der Waals surface area contributed by atoms with Crippen molar-refractivity contribution in [2.24, 2.45) is 5.73 Å². The van der Waals surface area contributed by atoms with Gasteiger partial charge in [-0.3, -0.25) is 4.90 Å². The van der Waals surface area contributed by atoms with Gasteiger partial charge < -0.3 is 15.4 Å². The van der Waals surface area contributed by atoms with Gasteiger partial charge in [0.2, 0.25) is 0 Å². The van der Waals surface area contributed by atoms with Crippen LogP contribution >= 0.6 is 11.8 Å². The molecule has 0 aliphatic carbocycles. The Kier molecular flexibility index (Phi) is 9.13. The molecule has 1 saturated heterocycles. The highest BCUT2D eigenvalue weighted by atomic mass is 32.2. The zero-order chi connectivity index (χ0) is 17.2. The number of ether oxygens (including phenoxy) is 1. The number of morpholine rings is 1. The number of thioether (sulfide) groups is 1. The van der Waals surface area contributed by atoms with Crippen LogP contribution in [0.25, 0.3) is 0 Å². The smallest absolute Gasteiger partial charge is 0.0829 e. The highest BCUT2D eigenvalue weighted by Crippen LogP contribution is 2.18. The molecule has 2 N–H and O–H groups in total. The van der Waals surface area contributed by atoms with E-state index in [4.69, 9.17) is 10.5 Å². The molecule has 1 aliphatic heterocycles. The largest absolute Gasteiger partial charge is 0.374 e. The molecule has 0 spiro atoms. The molecule has 1 aliphatic rings. The summed E-state index contributed by atoms with van der Waals surface area (Å²) in [5.74, 6) is 0.983. The molecule has 0 bridgehead atoms. The lowest BCUT2D eigenvalue weighted by molar-refractivity contribution is -0.0426. The van der Waals surface area contributed by atoms with Crippen LogP contribution in [0.1, 0.15) is 20.3 Å². The molecule has 2 rings (SSSR count). The summed E-state index contributed by atoms with van der Waals surface area (Å²) in [6, 6.07) is 10.8. The van der Waals surface area contributed by atoms with E-state index in [1.165, 1.54) is 4.90 Å². The lowest BCUT2D eigenvalue weighted by atomic mass is 10.2. The van der Waals surface area contributed by atoms with Gasteiger partial charge in [0, 0.05) is 36.3 Å². The Morgan fingerprint density at radius 1 is 1.29 bits per heavy atom. The molecule has 1 heterocycles. The number of nitrogens with two attached hydrogens (primary N) is 1. The zero-order valence-corrected chi connectivity index (χ0v) is 16.0. The minimum absolute atomic E-state index is 0.249. The van der Waals surface area contributed by atoms with Crippen molar-refractivity contribution in [2.75, 3.05) is 51.6 Å². The quantitative estimate of drug-likeness (QED) is 0.656. The SMILES string of the molecule is CCN(CC)C[C@H]1CN(CC[C@@H](N)CSc2ccccc2)CCO1. The van der Waals surface area contributed by atoms with Gasteiger partial charge in [-0.05, 0) is 38.2 Å². The van der Waals surface area contributed by atoms with E-state index in [1.807, 2.05) is 11.8 Å². The van der Waals surface area contributed by atoms with E-state index in [9.17, 15) is 0 Å². The number of nitrogens with zero attached hydrogens (tertiary/aromatic N) is 2. The van der Waals surface area contributed by atoms with Gasteiger partial charge >= 0.3 is 0 Å². The zero-order valence-electron chi connectivity index (χ0n) is 15.2. The molecule has 1 aromatic rings. The molecular formula is C19H33N3OS. The van der Waals surface area contributed by atoms with Crippen molar-refractivity contribution in [3.05, 3.63) is 30.3 Å². The van der Waals surface area contributed by atoms with Crippen LogP contribution < -0.4 is 5.73 Å². The van der Waals surface area contributed by atoms with Gasteiger partial charge in [-0.1, -0.05) is 32.0 Å². The normalized spacial score (nSPS) is 20.4. The number of rotatable bonds is 10. The Morgan fingerprint density at radius 2 is 2.04 bits per heavy atom. The minimum atomic E-state index is 0.249. The first-order chi connectivity index (χ1) is 11.7. The first-order valence-electron chi connectivity index (χ1n) is 9.21. The van der Waals surface area contributed by atoms with Crippen LogP contribution in [-0.4, -0.2) is 73.6 Å². The predicted octanol–water partition coefficient (Wildman–Crippen LogP) is 2.54. The van der Waals surface area contributed by atoms with E-state index in [0.29, 0.717) is 6.10 Å². The van der Waals surface area contributed by atoms with Crippen molar-refractivity contribution in [3.8, 4) is 0 Å². The van der Waals surface area contributed by atoms with Gasteiger partial charge in [0.1, 0.15) is 0 Å².